The molecule has 1 aliphatic rings. The number of halogens is 2. The minimum Gasteiger partial charge on any atom is -0.382 e. The van der Waals surface area contributed by atoms with Crippen LogP contribution in [0.1, 0.15) is 51.0 Å². The number of carbonyl (C=O) groups excluding carboxylic acids is 1. The number of alkyl halides is 2. The molecule has 0 aliphatic carbocycles. The summed E-state index contributed by atoms with van der Waals surface area (Å²) in [6.07, 6.45) is 6.99. The van der Waals surface area contributed by atoms with E-state index in [1.165, 1.54) is 42.4 Å². The van der Waals surface area contributed by atoms with Crippen LogP contribution >= 0.6 is 11.8 Å². The predicted octanol–water partition coefficient (Wildman–Crippen LogP) is 5.59. The monoisotopic (exact) mass is 397 g/mol. The normalized spacial score (nSPS) is 19.6. The Balaban J connectivity index is 1.98. The summed E-state index contributed by atoms with van der Waals surface area (Å²) in [5.74, 6) is -2.69. The molecule has 1 aromatic rings. The van der Waals surface area contributed by atoms with Gasteiger partial charge in [-0.2, -0.15) is 8.78 Å². The molecule has 0 spiro atoms. The minimum atomic E-state index is -3.36. The van der Waals surface area contributed by atoms with Gasteiger partial charge in [-0.25, -0.2) is 0 Å². The Bertz CT molecular complexity index is 609. The molecule has 150 valence electrons. The van der Waals surface area contributed by atoms with E-state index in [1.54, 1.807) is 17.0 Å². The topological polar surface area (TPSA) is 40.5 Å². The number of aliphatic hydroxyl groups is 1. The third kappa shape index (κ3) is 6.32. The van der Waals surface area contributed by atoms with Gasteiger partial charge in [-0.05, 0) is 12.8 Å². The average Bonchev–Trinajstić information content (AvgIpc) is 2.68. The van der Waals surface area contributed by atoms with Crippen LogP contribution in [-0.4, -0.2) is 39.7 Å². The van der Waals surface area contributed by atoms with Gasteiger partial charge < -0.3 is 10.0 Å². The number of amides is 1. The standard InChI is InChI=1S/C21H29F2NO2S/c1-2-3-4-5-9-15-24-18(14-16-27-20(24)26)12-13-19(25)21(22,23)17-10-7-6-8-11-17/h6-8,10-13,18-19,25H,2-5,9,14-16H2,1H3/b13-12+/t18-,19+/m0/s1. The number of rotatable bonds is 10. The molecular formula is C21H29F2NO2S. The van der Waals surface area contributed by atoms with Crippen LogP contribution in [0.2, 0.25) is 0 Å². The molecule has 27 heavy (non-hydrogen) atoms. The zero-order valence-corrected chi connectivity index (χ0v) is 16.6. The highest BCUT2D eigenvalue weighted by molar-refractivity contribution is 8.13. The summed E-state index contributed by atoms with van der Waals surface area (Å²) in [5, 5.41) is 10.0. The van der Waals surface area contributed by atoms with Crippen LogP contribution in [0.15, 0.2) is 42.5 Å². The molecule has 1 saturated heterocycles. The highest BCUT2D eigenvalue weighted by atomic mass is 32.2. The third-order valence-electron chi connectivity index (χ3n) is 4.82. The van der Waals surface area contributed by atoms with Gasteiger partial charge in [0.25, 0.3) is 5.24 Å². The van der Waals surface area contributed by atoms with Gasteiger partial charge in [0.05, 0.1) is 6.04 Å². The van der Waals surface area contributed by atoms with Gasteiger partial charge in [0.15, 0.2) is 0 Å². The number of hydrogen-bond donors (Lipinski definition) is 1. The Labute approximate surface area is 164 Å². The molecule has 0 aromatic heterocycles. The Morgan fingerprint density at radius 3 is 2.67 bits per heavy atom. The molecule has 1 aliphatic heterocycles. The molecule has 0 saturated carbocycles. The van der Waals surface area contributed by atoms with Crippen molar-refractivity contribution in [3.63, 3.8) is 0 Å². The third-order valence-corrected chi connectivity index (χ3v) is 5.74. The van der Waals surface area contributed by atoms with Gasteiger partial charge in [-0.3, -0.25) is 4.79 Å². The Kier molecular flexibility index (Phi) is 8.77. The highest BCUT2D eigenvalue weighted by Crippen LogP contribution is 2.33. The van der Waals surface area contributed by atoms with Crippen LogP contribution < -0.4 is 0 Å². The van der Waals surface area contributed by atoms with E-state index in [9.17, 15) is 18.7 Å². The van der Waals surface area contributed by atoms with Crippen LogP contribution in [0.25, 0.3) is 0 Å². The molecule has 1 amide bonds. The van der Waals surface area contributed by atoms with E-state index in [-0.39, 0.29) is 16.8 Å². The van der Waals surface area contributed by atoms with Crippen LogP contribution in [0.5, 0.6) is 0 Å². The summed E-state index contributed by atoms with van der Waals surface area (Å²) < 4.78 is 28.8. The van der Waals surface area contributed by atoms with E-state index >= 15 is 0 Å². The summed E-state index contributed by atoms with van der Waals surface area (Å²) in [7, 11) is 0. The van der Waals surface area contributed by atoms with Gasteiger partial charge in [-0.15, -0.1) is 0 Å². The largest absolute Gasteiger partial charge is 0.382 e. The van der Waals surface area contributed by atoms with Crippen LogP contribution in [-0.2, 0) is 5.92 Å². The van der Waals surface area contributed by atoms with Gasteiger partial charge in [0, 0.05) is 17.9 Å². The quantitative estimate of drug-likeness (QED) is 0.413. The first-order chi connectivity index (χ1) is 13.0. The van der Waals surface area contributed by atoms with Crippen molar-refractivity contribution in [2.75, 3.05) is 12.3 Å². The molecule has 0 bridgehead atoms. The summed E-state index contributed by atoms with van der Waals surface area (Å²) in [6, 6.07) is 7.09. The molecule has 1 aromatic carbocycles. The number of carbonyl (C=O) groups is 1. The van der Waals surface area contributed by atoms with Crippen molar-refractivity contribution in [2.45, 2.75) is 63.5 Å². The van der Waals surface area contributed by atoms with Crippen molar-refractivity contribution in [3.05, 3.63) is 48.0 Å². The summed E-state index contributed by atoms with van der Waals surface area (Å²) in [6.45, 7) is 2.79. The van der Waals surface area contributed by atoms with Crippen molar-refractivity contribution in [2.24, 2.45) is 0 Å². The fraction of sp³-hybridized carbons (Fsp3) is 0.571. The van der Waals surface area contributed by atoms with E-state index < -0.39 is 12.0 Å². The number of thioether (sulfide) groups is 1. The minimum absolute atomic E-state index is 0.00398. The van der Waals surface area contributed by atoms with Crippen LogP contribution in [0.3, 0.4) is 0 Å². The maximum atomic E-state index is 14.4. The lowest BCUT2D eigenvalue weighted by molar-refractivity contribution is -0.0929. The highest BCUT2D eigenvalue weighted by Gasteiger charge is 2.39. The lowest BCUT2D eigenvalue weighted by Crippen LogP contribution is -2.41. The fourth-order valence-electron chi connectivity index (χ4n) is 3.17. The van der Waals surface area contributed by atoms with E-state index in [1.807, 2.05) is 0 Å². The number of aliphatic hydroxyl groups excluding tert-OH is 1. The van der Waals surface area contributed by atoms with Crippen LogP contribution in [0.4, 0.5) is 13.6 Å². The number of benzene rings is 1. The second kappa shape index (κ2) is 10.8. The smallest absolute Gasteiger partial charge is 0.302 e. The fourth-order valence-corrected chi connectivity index (χ4v) is 4.10. The zero-order chi connectivity index (χ0) is 19.7. The van der Waals surface area contributed by atoms with Crippen molar-refractivity contribution in [1.82, 2.24) is 4.90 Å². The second-order valence-corrected chi connectivity index (χ2v) is 7.94. The van der Waals surface area contributed by atoms with Gasteiger partial charge in [-0.1, -0.05) is 86.9 Å². The molecule has 1 fully saturated rings. The maximum Gasteiger partial charge on any atom is 0.302 e. The van der Waals surface area contributed by atoms with Crippen molar-refractivity contribution in [3.8, 4) is 0 Å². The number of hydrogen-bond acceptors (Lipinski definition) is 3. The summed E-state index contributed by atoms with van der Waals surface area (Å²) in [5.41, 5.74) is -0.217. The van der Waals surface area contributed by atoms with Gasteiger partial charge in [0.1, 0.15) is 6.10 Å². The van der Waals surface area contributed by atoms with E-state index in [0.717, 1.165) is 31.8 Å². The van der Waals surface area contributed by atoms with Crippen molar-refractivity contribution in [1.29, 1.82) is 0 Å². The summed E-state index contributed by atoms with van der Waals surface area (Å²) in [4.78, 5) is 14.0. The molecule has 6 heteroatoms. The molecule has 0 radical (unpaired) electrons. The van der Waals surface area contributed by atoms with Gasteiger partial charge in [0.2, 0.25) is 0 Å². The molecule has 1 heterocycles. The Hall–Kier alpha value is -1.40. The first kappa shape index (κ1) is 21.9. The summed E-state index contributed by atoms with van der Waals surface area (Å²) >= 11 is 1.28. The average molecular weight is 398 g/mol. The lowest BCUT2D eigenvalue weighted by Gasteiger charge is -2.33. The lowest BCUT2D eigenvalue weighted by atomic mass is 10.0. The SMILES string of the molecule is CCCCCCCN1C(=O)SCC[C@@H]1/C=C/[C@@H](O)C(F)(F)c1ccccc1. The predicted molar refractivity (Wildman–Crippen MR) is 107 cm³/mol. The second-order valence-electron chi connectivity index (χ2n) is 6.90. The molecular weight excluding hydrogens is 368 g/mol. The van der Waals surface area contributed by atoms with Crippen LogP contribution in [0, 0.1) is 0 Å². The number of unbranched alkanes of at least 4 members (excludes halogenated alkanes) is 4. The first-order valence-electron chi connectivity index (χ1n) is 9.70. The Morgan fingerprint density at radius 1 is 1.26 bits per heavy atom. The van der Waals surface area contributed by atoms with Crippen molar-refractivity contribution < 1.29 is 18.7 Å². The van der Waals surface area contributed by atoms with Gasteiger partial charge >= 0.3 is 5.92 Å². The zero-order valence-electron chi connectivity index (χ0n) is 15.8. The first-order valence-corrected chi connectivity index (χ1v) is 10.7. The molecule has 2 rings (SSSR count). The van der Waals surface area contributed by atoms with E-state index in [4.69, 9.17) is 0 Å². The molecule has 3 nitrogen and oxygen atoms in total. The van der Waals surface area contributed by atoms with E-state index in [0.29, 0.717) is 18.7 Å². The molecule has 2 atom stereocenters. The Morgan fingerprint density at radius 2 is 1.96 bits per heavy atom. The molecule has 0 unspecified atom stereocenters. The van der Waals surface area contributed by atoms with Crippen molar-refractivity contribution >= 4 is 17.0 Å². The number of nitrogens with zero attached hydrogens (tertiary/aromatic N) is 1. The molecule has 1 N–H and O–H groups in total. The maximum absolute atomic E-state index is 14.4. The van der Waals surface area contributed by atoms with E-state index in [2.05, 4.69) is 6.92 Å².